The summed E-state index contributed by atoms with van der Waals surface area (Å²) in [7, 11) is 0. The fourth-order valence-electron chi connectivity index (χ4n) is 2.77. The molecule has 2 aromatic heterocycles. The number of carbonyl (C=O) groups excluding carboxylic acids is 1. The van der Waals surface area contributed by atoms with Gasteiger partial charge in [-0.2, -0.15) is 5.10 Å². The van der Waals surface area contributed by atoms with Crippen LogP contribution in [0.4, 0.5) is 5.69 Å². The van der Waals surface area contributed by atoms with Gasteiger partial charge in [0, 0.05) is 24.9 Å². The number of anilines is 1. The molecule has 3 N–H and O–H groups in total. The Bertz CT molecular complexity index is 593. The molecule has 0 spiro atoms. The Morgan fingerprint density at radius 1 is 1.43 bits per heavy atom. The summed E-state index contributed by atoms with van der Waals surface area (Å²) < 4.78 is 1.67. The zero-order valence-electron chi connectivity index (χ0n) is 11.8. The van der Waals surface area contributed by atoms with E-state index in [1.807, 2.05) is 24.4 Å². The molecule has 2 atom stereocenters. The number of hydrogen-bond acceptors (Lipinski definition) is 4. The van der Waals surface area contributed by atoms with E-state index in [9.17, 15) is 4.79 Å². The van der Waals surface area contributed by atoms with Gasteiger partial charge in [-0.05, 0) is 37.0 Å². The molecule has 1 aliphatic rings. The summed E-state index contributed by atoms with van der Waals surface area (Å²) in [5.74, 6) is 1.03. The summed E-state index contributed by atoms with van der Waals surface area (Å²) in [6, 6.07) is 5.65. The molecular weight excluding hydrogens is 266 g/mol. The SMILES string of the molecule is N[C@@H]1CCC[C@H]1CC(=O)Nc1ccc(-n2cccn2)nc1. The zero-order valence-corrected chi connectivity index (χ0v) is 11.8. The number of carbonyl (C=O) groups is 1. The van der Waals surface area contributed by atoms with Crippen molar-refractivity contribution in [1.29, 1.82) is 0 Å². The Morgan fingerprint density at radius 3 is 2.95 bits per heavy atom. The van der Waals surface area contributed by atoms with Gasteiger partial charge in [0.1, 0.15) is 0 Å². The molecule has 1 aliphatic carbocycles. The van der Waals surface area contributed by atoms with E-state index in [2.05, 4.69) is 15.4 Å². The number of pyridine rings is 1. The minimum atomic E-state index is 0.00555. The number of aromatic nitrogens is 3. The number of hydrogen-bond donors (Lipinski definition) is 2. The number of nitrogens with two attached hydrogens (primary N) is 1. The van der Waals surface area contributed by atoms with Gasteiger partial charge in [0.2, 0.25) is 5.91 Å². The minimum absolute atomic E-state index is 0.00555. The smallest absolute Gasteiger partial charge is 0.224 e. The molecule has 0 aromatic carbocycles. The summed E-state index contributed by atoms with van der Waals surface area (Å²) in [4.78, 5) is 16.3. The lowest BCUT2D eigenvalue weighted by molar-refractivity contribution is -0.117. The van der Waals surface area contributed by atoms with Gasteiger partial charge in [0.25, 0.3) is 0 Å². The highest BCUT2D eigenvalue weighted by atomic mass is 16.1. The monoisotopic (exact) mass is 285 g/mol. The first-order valence-electron chi connectivity index (χ1n) is 7.24. The van der Waals surface area contributed by atoms with E-state index in [4.69, 9.17) is 5.73 Å². The maximum atomic E-state index is 12.0. The average Bonchev–Trinajstić information content (AvgIpc) is 3.12. The fourth-order valence-corrected chi connectivity index (χ4v) is 2.77. The van der Waals surface area contributed by atoms with Gasteiger partial charge in [-0.15, -0.1) is 0 Å². The van der Waals surface area contributed by atoms with Crippen molar-refractivity contribution >= 4 is 11.6 Å². The van der Waals surface area contributed by atoms with Crippen molar-refractivity contribution in [2.75, 3.05) is 5.32 Å². The van der Waals surface area contributed by atoms with Gasteiger partial charge >= 0.3 is 0 Å². The minimum Gasteiger partial charge on any atom is -0.327 e. The molecular formula is C15H19N5O. The predicted molar refractivity (Wildman–Crippen MR) is 79.9 cm³/mol. The van der Waals surface area contributed by atoms with Gasteiger partial charge < -0.3 is 11.1 Å². The normalized spacial score (nSPS) is 21.4. The second kappa shape index (κ2) is 6.05. The lowest BCUT2D eigenvalue weighted by atomic mass is 10.00. The lowest BCUT2D eigenvalue weighted by Crippen LogP contribution is -2.28. The molecule has 3 rings (SSSR count). The Balaban J connectivity index is 1.58. The van der Waals surface area contributed by atoms with E-state index >= 15 is 0 Å². The van der Waals surface area contributed by atoms with E-state index in [0.717, 1.165) is 25.1 Å². The van der Waals surface area contributed by atoms with Crippen molar-refractivity contribution in [3.8, 4) is 5.82 Å². The zero-order chi connectivity index (χ0) is 14.7. The third kappa shape index (κ3) is 3.28. The van der Waals surface area contributed by atoms with Gasteiger partial charge in [0.05, 0.1) is 11.9 Å². The van der Waals surface area contributed by atoms with Gasteiger partial charge in [-0.25, -0.2) is 9.67 Å². The summed E-state index contributed by atoms with van der Waals surface area (Å²) in [5.41, 5.74) is 6.69. The van der Waals surface area contributed by atoms with Crippen LogP contribution in [0.25, 0.3) is 5.82 Å². The maximum Gasteiger partial charge on any atom is 0.224 e. The molecule has 21 heavy (non-hydrogen) atoms. The average molecular weight is 285 g/mol. The van der Waals surface area contributed by atoms with Crippen LogP contribution in [-0.4, -0.2) is 26.7 Å². The van der Waals surface area contributed by atoms with E-state index in [1.165, 1.54) is 0 Å². The first kappa shape index (κ1) is 13.8. The van der Waals surface area contributed by atoms with Crippen LogP contribution in [0, 0.1) is 5.92 Å². The molecule has 110 valence electrons. The van der Waals surface area contributed by atoms with Crippen LogP contribution >= 0.6 is 0 Å². The molecule has 0 unspecified atom stereocenters. The van der Waals surface area contributed by atoms with Gasteiger partial charge in [-0.3, -0.25) is 4.79 Å². The quantitative estimate of drug-likeness (QED) is 0.895. The van der Waals surface area contributed by atoms with Crippen LogP contribution in [0.5, 0.6) is 0 Å². The van der Waals surface area contributed by atoms with Crippen LogP contribution < -0.4 is 11.1 Å². The molecule has 0 radical (unpaired) electrons. The first-order chi connectivity index (χ1) is 10.2. The Labute approximate surface area is 123 Å². The molecule has 1 amide bonds. The highest BCUT2D eigenvalue weighted by Gasteiger charge is 2.25. The van der Waals surface area contributed by atoms with Crippen molar-refractivity contribution in [3.63, 3.8) is 0 Å². The van der Waals surface area contributed by atoms with E-state index < -0.39 is 0 Å². The second-order valence-electron chi connectivity index (χ2n) is 5.46. The second-order valence-corrected chi connectivity index (χ2v) is 5.46. The van der Waals surface area contributed by atoms with Crippen molar-refractivity contribution in [1.82, 2.24) is 14.8 Å². The first-order valence-corrected chi connectivity index (χ1v) is 7.24. The van der Waals surface area contributed by atoms with Crippen LogP contribution in [0.15, 0.2) is 36.8 Å². The molecule has 0 bridgehead atoms. The van der Waals surface area contributed by atoms with Crippen molar-refractivity contribution in [2.45, 2.75) is 31.7 Å². The third-order valence-corrected chi connectivity index (χ3v) is 3.94. The van der Waals surface area contributed by atoms with E-state index in [-0.39, 0.29) is 11.9 Å². The molecule has 0 saturated heterocycles. The number of amides is 1. The van der Waals surface area contributed by atoms with Crippen molar-refractivity contribution < 1.29 is 4.79 Å². The Kier molecular flexibility index (Phi) is 3.96. The highest BCUT2D eigenvalue weighted by Crippen LogP contribution is 2.27. The molecule has 1 saturated carbocycles. The fraction of sp³-hybridized carbons (Fsp3) is 0.400. The Hall–Kier alpha value is -2.21. The number of nitrogens with zero attached hydrogens (tertiary/aromatic N) is 3. The van der Waals surface area contributed by atoms with Gasteiger partial charge in [0.15, 0.2) is 5.82 Å². The molecule has 0 aliphatic heterocycles. The highest BCUT2D eigenvalue weighted by molar-refractivity contribution is 5.90. The molecule has 1 fully saturated rings. The van der Waals surface area contributed by atoms with Crippen molar-refractivity contribution in [3.05, 3.63) is 36.8 Å². The van der Waals surface area contributed by atoms with Crippen LogP contribution in [0.2, 0.25) is 0 Å². The predicted octanol–water partition coefficient (Wildman–Crippen LogP) is 1.72. The van der Waals surface area contributed by atoms with Crippen LogP contribution in [-0.2, 0) is 4.79 Å². The van der Waals surface area contributed by atoms with Crippen molar-refractivity contribution in [2.24, 2.45) is 11.7 Å². The molecule has 6 heteroatoms. The van der Waals surface area contributed by atoms with Gasteiger partial charge in [-0.1, -0.05) is 6.42 Å². The molecule has 2 heterocycles. The summed E-state index contributed by atoms with van der Waals surface area (Å²) >= 11 is 0. The van der Waals surface area contributed by atoms with Crippen LogP contribution in [0.1, 0.15) is 25.7 Å². The Morgan fingerprint density at radius 2 is 2.33 bits per heavy atom. The van der Waals surface area contributed by atoms with E-state index in [1.54, 1.807) is 17.1 Å². The largest absolute Gasteiger partial charge is 0.327 e. The molecule has 2 aromatic rings. The summed E-state index contributed by atoms with van der Waals surface area (Å²) in [5, 5.41) is 6.98. The third-order valence-electron chi connectivity index (χ3n) is 3.94. The topological polar surface area (TPSA) is 85.8 Å². The molecule has 6 nitrogen and oxygen atoms in total. The summed E-state index contributed by atoms with van der Waals surface area (Å²) in [6.45, 7) is 0. The standard InChI is InChI=1S/C15H19N5O/c16-13-4-1-3-11(13)9-15(21)19-12-5-6-14(17-10-12)20-8-2-7-18-20/h2,5-8,10-11,13H,1,3-4,9,16H2,(H,19,21)/t11-,13+/m0/s1. The van der Waals surface area contributed by atoms with E-state index in [0.29, 0.717) is 18.0 Å². The number of rotatable bonds is 4. The number of nitrogens with one attached hydrogen (secondary N) is 1. The lowest BCUT2D eigenvalue weighted by Gasteiger charge is -2.14. The summed E-state index contributed by atoms with van der Waals surface area (Å²) in [6.07, 6.45) is 8.85. The maximum absolute atomic E-state index is 12.0. The van der Waals surface area contributed by atoms with Crippen LogP contribution in [0.3, 0.4) is 0 Å².